The fourth-order valence-corrected chi connectivity index (χ4v) is 4.75. The largest absolute Gasteiger partial charge is 0.497 e. The first-order valence-corrected chi connectivity index (χ1v) is 9.50. The van der Waals surface area contributed by atoms with Crippen molar-refractivity contribution in [2.45, 2.75) is 12.3 Å². The van der Waals surface area contributed by atoms with Crippen LogP contribution in [0.1, 0.15) is 32.5 Å². The number of carboxylic acids is 1. The van der Waals surface area contributed by atoms with Gasteiger partial charge in [-0.15, -0.1) is 11.3 Å². The Morgan fingerprint density at radius 2 is 1.93 bits per heavy atom. The van der Waals surface area contributed by atoms with E-state index in [4.69, 9.17) is 4.74 Å². The lowest BCUT2D eigenvalue weighted by Gasteiger charge is -2.24. The summed E-state index contributed by atoms with van der Waals surface area (Å²) in [4.78, 5) is 24.8. The van der Waals surface area contributed by atoms with E-state index in [0.29, 0.717) is 27.4 Å². The zero-order valence-electron chi connectivity index (χ0n) is 15.2. The molecule has 0 saturated heterocycles. The number of amides is 1. The molecule has 5 nitrogen and oxygen atoms in total. The summed E-state index contributed by atoms with van der Waals surface area (Å²) in [6, 6.07) is 10.5. The van der Waals surface area contributed by atoms with Gasteiger partial charge in [-0.2, -0.15) is 0 Å². The van der Waals surface area contributed by atoms with Crippen LogP contribution in [-0.4, -0.2) is 24.1 Å². The van der Waals surface area contributed by atoms with Crippen molar-refractivity contribution in [1.82, 2.24) is 0 Å². The molecule has 1 aliphatic heterocycles. The van der Waals surface area contributed by atoms with Crippen LogP contribution in [0, 0.1) is 11.6 Å². The van der Waals surface area contributed by atoms with Gasteiger partial charge < -0.3 is 15.2 Å². The molecule has 1 aromatic heterocycles. The van der Waals surface area contributed by atoms with Gasteiger partial charge in [-0.05, 0) is 29.3 Å². The van der Waals surface area contributed by atoms with Crippen LogP contribution in [0.3, 0.4) is 0 Å². The normalized spacial score (nSPS) is 15.6. The van der Waals surface area contributed by atoms with Crippen LogP contribution in [0.5, 0.6) is 5.75 Å². The molecule has 3 aromatic rings. The molecule has 2 heterocycles. The monoisotopic (exact) mass is 415 g/mol. The molecule has 148 valence electrons. The molecule has 1 aliphatic rings. The number of aromatic carboxylic acids is 1. The van der Waals surface area contributed by atoms with Crippen molar-refractivity contribution in [2.75, 3.05) is 12.4 Å². The highest BCUT2D eigenvalue weighted by Crippen LogP contribution is 2.50. The number of thiophene rings is 1. The van der Waals surface area contributed by atoms with Crippen molar-refractivity contribution in [3.8, 4) is 16.9 Å². The van der Waals surface area contributed by atoms with Gasteiger partial charge in [0.1, 0.15) is 10.6 Å². The van der Waals surface area contributed by atoms with Crippen molar-refractivity contribution in [3.05, 3.63) is 69.4 Å². The summed E-state index contributed by atoms with van der Waals surface area (Å²) in [5, 5.41) is 12.5. The van der Waals surface area contributed by atoms with Crippen LogP contribution in [0.25, 0.3) is 11.1 Å². The van der Waals surface area contributed by atoms with E-state index in [0.717, 1.165) is 17.4 Å². The summed E-state index contributed by atoms with van der Waals surface area (Å²) < 4.78 is 33.4. The molecule has 0 fully saturated rings. The van der Waals surface area contributed by atoms with Crippen molar-refractivity contribution >= 4 is 28.9 Å². The summed E-state index contributed by atoms with van der Waals surface area (Å²) in [5.74, 6) is -3.78. The second kappa shape index (κ2) is 7.29. The minimum atomic E-state index is -1.16. The number of carbonyl (C=O) groups excluding carboxylic acids is 1. The molecule has 0 unspecified atom stereocenters. The summed E-state index contributed by atoms with van der Waals surface area (Å²) >= 11 is 0.960. The molecule has 2 N–H and O–H groups in total. The van der Waals surface area contributed by atoms with Gasteiger partial charge in [-0.1, -0.05) is 24.3 Å². The fraction of sp³-hybridized carbons (Fsp3) is 0.143. The third-order valence-electron chi connectivity index (χ3n) is 4.84. The fourth-order valence-electron chi connectivity index (χ4n) is 3.51. The van der Waals surface area contributed by atoms with E-state index in [-0.39, 0.29) is 16.9 Å². The highest BCUT2D eigenvalue weighted by molar-refractivity contribution is 7.15. The third kappa shape index (κ3) is 3.25. The summed E-state index contributed by atoms with van der Waals surface area (Å²) in [5.41, 5.74) is 1.26. The molecule has 2 aromatic carbocycles. The van der Waals surface area contributed by atoms with Gasteiger partial charge in [0.25, 0.3) is 0 Å². The predicted octanol–water partition coefficient (Wildman–Crippen LogP) is 4.87. The maximum Gasteiger partial charge on any atom is 0.346 e. The van der Waals surface area contributed by atoms with E-state index < -0.39 is 29.4 Å². The first kappa shape index (κ1) is 19.1. The Morgan fingerprint density at radius 3 is 2.59 bits per heavy atom. The molecule has 1 amide bonds. The molecular formula is C21H15F2NO4S. The zero-order chi connectivity index (χ0) is 20.7. The minimum absolute atomic E-state index is 0.0178. The van der Waals surface area contributed by atoms with Crippen LogP contribution in [-0.2, 0) is 4.79 Å². The number of carbonyl (C=O) groups is 2. The van der Waals surface area contributed by atoms with Crippen molar-refractivity contribution in [3.63, 3.8) is 0 Å². The van der Waals surface area contributed by atoms with E-state index in [1.165, 1.54) is 19.2 Å². The molecule has 0 spiro atoms. The van der Waals surface area contributed by atoms with Crippen LogP contribution >= 0.6 is 11.3 Å². The minimum Gasteiger partial charge on any atom is -0.497 e. The third-order valence-corrected chi connectivity index (χ3v) is 6.13. The van der Waals surface area contributed by atoms with Gasteiger partial charge in [0.05, 0.1) is 12.8 Å². The number of hydrogen-bond donors (Lipinski definition) is 2. The Labute approximate surface area is 168 Å². The van der Waals surface area contributed by atoms with Gasteiger partial charge in [0, 0.05) is 22.8 Å². The van der Waals surface area contributed by atoms with Crippen molar-refractivity contribution < 1.29 is 28.2 Å². The topological polar surface area (TPSA) is 75.6 Å². The number of hydrogen-bond acceptors (Lipinski definition) is 4. The van der Waals surface area contributed by atoms with E-state index in [2.05, 4.69) is 5.32 Å². The Bertz CT molecular complexity index is 1120. The van der Waals surface area contributed by atoms with Gasteiger partial charge >= 0.3 is 5.97 Å². The number of nitrogens with one attached hydrogen (secondary N) is 1. The summed E-state index contributed by atoms with van der Waals surface area (Å²) in [6.45, 7) is 0. The van der Waals surface area contributed by atoms with Crippen LogP contribution in [0.15, 0.2) is 42.5 Å². The summed E-state index contributed by atoms with van der Waals surface area (Å²) in [7, 11) is 1.52. The maximum atomic E-state index is 14.4. The second-order valence-corrected chi connectivity index (χ2v) is 7.58. The van der Waals surface area contributed by atoms with E-state index >= 15 is 0 Å². The Balaban J connectivity index is 1.93. The molecular weight excluding hydrogens is 400 g/mol. The molecule has 4 rings (SSSR count). The highest BCUT2D eigenvalue weighted by Gasteiger charge is 2.35. The first-order chi connectivity index (χ1) is 13.9. The average Bonchev–Trinajstić information content (AvgIpc) is 3.09. The first-order valence-electron chi connectivity index (χ1n) is 8.68. The molecule has 0 aliphatic carbocycles. The van der Waals surface area contributed by atoms with Crippen LogP contribution < -0.4 is 10.1 Å². The summed E-state index contributed by atoms with van der Waals surface area (Å²) in [6.07, 6.45) is -0.102. The standard InChI is InChI=1S/C21H15F2NO4S/c1-28-11-7-5-10(6-8-11)16-18-19(29-20(16)21(26)27)13(9-15(25)24-18)12-3-2-4-14(22)17(12)23/h2-8,13H,9H2,1H3,(H,24,25)(H,26,27)/t13-/m0/s1. The molecule has 1 atom stereocenters. The quantitative estimate of drug-likeness (QED) is 0.637. The lowest BCUT2D eigenvalue weighted by molar-refractivity contribution is -0.116. The smallest absolute Gasteiger partial charge is 0.346 e. The van der Waals surface area contributed by atoms with Gasteiger partial charge in [-0.3, -0.25) is 4.79 Å². The van der Waals surface area contributed by atoms with Gasteiger partial charge in [-0.25, -0.2) is 13.6 Å². The second-order valence-electron chi connectivity index (χ2n) is 6.53. The van der Waals surface area contributed by atoms with Crippen LogP contribution in [0.2, 0.25) is 0 Å². The predicted molar refractivity (Wildman–Crippen MR) is 105 cm³/mol. The number of fused-ring (bicyclic) bond motifs is 1. The zero-order valence-corrected chi connectivity index (χ0v) is 16.0. The molecule has 0 radical (unpaired) electrons. The maximum absolute atomic E-state index is 14.4. The van der Waals surface area contributed by atoms with E-state index in [9.17, 15) is 23.5 Å². The average molecular weight is 415 g/mol. The Kier molecular flexibility index (Phi) is 4.79. The molecule has 0 bridgehead atoms. The Hall–Kier alpha value is -3.26. The Morgan fingerprint density at radius 1 is 1.21 bits per heavy atom. The van der Waals surface area contributed by atoms with Crippen molar-refractivity contribution in [2.24, 2.45) is 0 Å². The number of carboxylic acid groups (broad SMARTS) is 1. The van der Waals surface area contributed by atoms with Crippen LogP contribution in [0.4, 0.5) is 14.5 Å². The molecule has 29 heavy (non-hydrogen) atoms. The number of rotatable bonds is 4. The SMILES string of the molecule is COc1ccc(-c2c(C(=O)O)sc3c2NC(=O)C[C@H]3c2cccc(F)c2F)cc1. The highest BCUT2D eigenvalue weighted by atomic mass is 32.1. The van der Waals surface area contributed by atoms with Gasteiger partial charge in [0.15, 0.2) is 11.6 Å². The number of halogens is 2. The lowest BCUT2D eigenvalue weighted by Crippen LogP contribution is -2.23. The number of methoxy groups -OCH3 is 1. The number of anilines is 1. The number of benzene rings is 2. The van der Waals surface area contributed by atoms with Crippen molar-refractivity contribution in [1.29, 1.82) is 0 Å². The molecule has 0 saturated carbocycles. The van der Waals surface area contributed by atoms with E-state index in [1.54, 1.807) is 24.3 Å². The van der Waals surface area contributed by atoms with Gasteiger partial charge in [0.2, 0.25) is 5.91 Å². The lowest BCUT2D eigenvalue weighted by atomic mass is 9.88. The van der Waals surface area contributed by atoms with E-state index in [1.807, 2.05) is 0 Å². The molecule has 8 heteroatoms. The number of ether oxygens (including phenoxy) is 1.